The number of fused-ring (bicyclic) bond motifs is 1. The van der Waals surface area contributed by atoms with E-state index in [-0.39, 0.29) is 10.9 Å². The highest BCUT2D eigenvalue weighted by Gasteiger charge is 2.24. The van der Waals surface area contributed by atoms with Gasteiger partial charge in [-0.05, 0) is 42.9 Å². The molecule has 0 bridgehead atoms. The Hall–Kier alpha value is -2.50. The van der Waals surface area contributed by atoms with Gasteiger partial charge >= 0.3 is 5.00 Å². The van der Waals surface area contributed by atoms with Crippen LogP contribution in [0.3, 0.4) is 0 Å². The average Bonchev–Trinajstić information content (AvgIpc) is 3.16. The first-order chi connectivity index (χ1) is 12.0. The van der Waals surface area contributed by atoms with Gasteiger partial charge in [0.2, 0.25) is 5.91 Å². The van der Waals surface area contributed by atoms with Gasteiger partial charge in [0.15, 0.2) is 0 Å². The van der Waals surface area contributed by atoms with Crippen molar-refractivity contribution in [1.82, 2.24) is 0 Å². The molecule has 0 radical (unpaired) electrons. The lowest BCUT2D eigenvalue weighted by Gasteiger charge is -2.17. The van der Waals surface area contributed by atoms with Gasteiger partial charge in [-0.2, -0.15) is 5.26 Å². The third-order valence-electron chi connectivity index (χ3n) is 4.05. The molecule has 0 fully saturated rings. The first kappa shape index (κ1) is 17.3. The van der Waals surface area contributed by atoms with Crippen molar-refractivity contribution in [3.05, 3.63) is 49.2 Å². The van der Waals surface area contributed by atoms with Crippen molar-refractivity contribution in [2.24, 2.45) is 5.92 Å². The minimum atomic E-state index is -0.460. The maximum Gasteiger partial charge on any atom is 0.324 e. The van der Waals surface area contributed by atoms with Crippen molar-refractivity contribution in [1.29, 1.82) is 5.26 Å². The Labute approximate surface area is 152 Å². The van der Waals surface area contributed by atoms with Crippen LogP contribution in [-0.2, 0) is 17.6 Å². The molecule has 1 N–H and O–H groups in total. The van der Waals surface area contributed by atoms with Gasteiger partial charge < -0.3 is 5.32 Å². The minimum absolute atomic E-state index is 0.0341. The Morgan fingerprint density at radius 1 is 1.48 bits per heavy atom. The van der Waals surface area contributed by atoms with E-state index in [0.717, 1.165) is 36.2 Å². The van der Waals surface area contributed by atoms with Gasteiger partial charge in [-0.1, -0.05) is 18.3 Å². The van der Waals surface area contributed by atoms with E-state index in [4.69, 9.17) is 0 Å². The fourth-order valence-electron chi connectivity index (χ4n) is 2.80. The summed E-state index contributed by atoms with van der Waals surface area (Å²) in [5.41, 5.74) is 1.64. The monoisotopic (exact) mass is 373 g/mol. The zero-order valence-corrected chi connectivity index (χ0v) is 15.1. The number of nitrogens with one attached hydrogen (secondary N) is 1. The SMILES string of the molecule is CC1CCc2c(sc(NC(=O)C=Cc3ccc([N+](=O)[O-])s3)c2C#N)C1. The lowest BCUT2D eigenvalue weighted by molar-refractivity contribution is -0.380. The van der Waals surface area contributed by atoms with Gasteiger partial charge in [0.1, 0.15) is 11.1 Å². The summed E-state index contributed by atoms with van der Waals surface area (Å²) in [6, 6.07) is 5.22. The van der Waals surface area contributed by atoms with Gasteiger partial charge in [0.25, 0.3) is 0 Å². The standard InChI is InChI=1S/C17H15N3O3S2/c1-10-2-5-12-13(9-18)17(25-14(12)8-10)19-15(21)6-3-11-4-7-16(24-11)20(22)23/h3-4,6-7,10H,2,5,8H2,1H3,(H,19,21). The second kappa shape index (κ2) is 7.17. The van der Waals surface area contributed by atoms with Crippen molar-refractivity contribution < 1.29 is 9.72 Å². The third-order valence-corrected chi connectivity index (χ3v) is 6.22. The molecule has 25 heavy (non-hydrogen) atoms. The fourth-order valence-corrected chi connectivity index (χ4v) is 4.89. The molecule has 2 aromatic heterocycles. The van der Waals surface area contributed by atoms with E-state index < -0.39 is 4.92 Å². The van der Waals surface area contributed by atoms with Gasteiger partial charge in [-0.15, -0.1) is 11.3 Å². The number of amides is 1. The Balaban J connectivity index is 1.73. The van der Waals surface area contributed by atoms with Crippen LogP contribution in [0.5, 0.6) is 0 Å². The highest BCUT2D eigenvalue weighted by atomic mass is 32.1. The van der Waals surface area contributed by atoms with Crippen LogP contribution in [0.1, 0.15) is 34.2 Å². The number of rotatable bonds is 4. The number of nitriles is 1. The molecule has 128 valence electrons. The molecule has 6 nitrogen and oxygen atoms in total. The third kappa shape index (κ3) is 3.78. The number of nitro groups is 1. The summed E-state index contributed by atoms with van der Waals surface area (Å²) in [6.45, 7) is 2.19. The van der Waals surface area contributed by atoms with Crippen molar-refractivity contribution in [2.45, 2.75) is 26.2 Å². The molecule has 1 atom stereocenters. The molecule has 0 saturated carbocycles. The summed E-state index contributed by atoms with van der Waals surface area (Å²) in [6.07, 6.45) is 5.75. The molecule has 0 aliphatic heterocycles. The highest BCUT2D eigenvalue weighted by Crippen LogP contribution is 2.39. The number of thiophene rings is 2. The first-order valence-corrected chi connectivity index (χ1v) is 9.39. The maximum atomic E-state index is 12.1. The van der Waals surface area contributed by atoms with Crippen molar-refractivity contribution in [3.63, 3.8) is 0 Å². The van der Waals surface area contributed by atoms with Gasteiger partial charge in [0.05, 0.1) is 10.5 Å². The Bertz CT molecular complexity index is 905. The maximum absolute atomic E-state index is 12.1. The fraction of sp³-hybridized carbons (Fsp3) is 0.294. The van der Waals surface area contributed by atoms with Gasteiger partial charge in [0, 0.05) is 21.9 Å². The van der Waals surface area contributed by atoms with E-state index in [1.165, 1.54) is 34.4 Å². The number of hydrogen-bond donors (Lipinski definition) is 1. The summed E-state index contributed by atoms with van der Waals surface area (Å²) >= 11 is 2.48. The van der Waals surface area contributed by atoms with Gasteiger partial charge in [-0.3, -0.25) is 14.9 Å². The van der Waals surface area contributed by atoms with Crippen molar-refractivity contribution in [2.75, 3.05) is 5.32 Å². The van der Waals surface area contributed by atoms with E-state index in [0.29, 0.717) is 21.4 Å². The van der Waals surface area contributed by atoms with Crippen LogP contribution < -0.4 is 5.32 Å². The summed E-state index contributed by atoms with van der Waals surface area (Å²) in [4.78, 5) is 24.2. The summed E-state index contributed by atoms with van der Waals surface area (Å²) in [7, 11) is 0. The molecule has 0 aromatic carbocycles. The Morgan fingerprint density at radius 2 is 2.28 bits per heavy atom. The molecule has 2 heterocycles. The second-order valence-corrected chi connectivity index (χ2v) is 8.12. The van der Waals surface area contributed by atoms with Crippen LogP contribution in [0, 0.1) is 27.4 Å². The largest absolute Gasteiger partial charge is 0.324 e. The van der Waals surface area contributed by atoms with Crippen LogP contribution in [0.2, 0.25) is 0 Å². The van der Waals surface area contributed by atoms with Crippen molar-refractivity contribution >= 4 is 44.7 Å². The number of nitrogens with zero attached hydrogens (tertiary/aromatic N) is 2. The number of carbonyl (C=O) groups excluding carboxylic acids is 1. The van der Waals surface area contributed by atoms with Gasteiger partial charge in [-0.25, -0.2) is 0 Å². The molecular weight excluding hydrogens is 358 g/mol. The number of hydrogen-bond acceptors (Lipinski definition) is 6. The molecule has 0 saturated heterocycles. The highest BCUT2D eigenvalue weighted by molar-refractivity contribution is 7.17. The molecule has 3 rings (SSSR count). The summed E-state index contributed by atoms with van der Waals surface area (Å²) < 4.78 is 0. The molecule has 2 aromatic rings. The zero-order valence-electron chi connectivity index (χ0n) is 13.4. The van der Waals surface area contributed by atoms with Crippen molar-refractivity contribution in [3.8, 4) is 6.07 Å². The molecule has 0 spiro atoms. The van der Waals surface area contributed by atoms with Crippen LogP contribution in [-0.4, -0.2) is 10.8 Å². The zero-order chi connectivity index (χ0) is 18.0. The van der Waals surface area contributed by atoms with E-state index >= 15 is 0 Å². The van der Waals surface area contributed by atoms with E-state index in [1.807, 2.05) is 0 Å². The summed E-state index contributed by atoms with van der Waals surface area (Å²) in [5.74, 6) is 0.245. The van der Waals surface area contributed by atoms with Crippen LogP contribution in [0.4, 0.5) is 10.0 Å². The van der Waals surface area contributed by atoms with E-state index in [2.05, 4.69) is 18.3 Å². The lowest BCUT2D eigenvalue weighted by atomic mass is 9.89. The van der Waals surface area contributed by atoms with Crippen LogP contribution >= 0.6 is 22.7 Å². The molecular formula is C17H15N3O3S2. The first-order valence-electron chi connectivity index (χ1n) is 7.76. The molecule has 1 aliphatic rings. The molecule has 1 amide bonds. The van der Waals surface area contributed by atoms with E-state index in [1.54, 1.807) is 6.07 Å². The lowest BCUT2D eigenvalue weighted by Crippen LogP contribution is -2.10. The predicted molar refractivity (Wildman–Crippen MR) is 98.9 cm³/mol. The summed E-state index contributed by atoms with van der Waals surface area (Å²) in [5, 5.41) is 23.5. The average molecular weight is 373 g/mol. The Kier molecular flexibility index (Phi) is 4.97. The molecule has 1 unspecified atom stereocenters. The topological polar surface area (TPSA) is 96.0 Å². The quantitative estimate of drug-likeness (QED) is 0.489. The molecule has 1 aliphatic carbocycles. The smallest absolute Gasteiger partial charge is 0.313 e. The van der Waals surface area contributed by atoms with E-state index in [9.17, 15) is 20.2 Å². The predicted octanol–water partition coefficient (Wildman–Crippen LogP) is 4.37. The normalized spacial score (nSPS) is 16.4. The number of anilines is 1. The van der Waals surface area contributed by atoms with Crippen LogP contribution in [0.15, 0.2) is 18.2 Å². The second-order valence-electron chi connectivity index (χ2n) is 5.92. The van der Waals surface area contributed by atoms with Crippen LogP contribution in [0.25, 0.3) is 6.08 Å². The molecule has 8 heteroatoms. The number of carbonyl (C=O) groups is 1. The minimum Gasteiger partial charge on any atom is -0.313 e. The Morgan fingerprint density at radius 3 is 2.96 bits per heavy atom.